The lowest BCUT2D eigenvalue weighted by atomic mass is 10.1. The van der Waals surface area contributed by atoms with Crippen LogP contribution in [-0.2, 0) is 6.54 Å². The minimum absolute atomic E-state index is 0.710. The van der Waals surface area contributed by atoms with Crippen molar-refractivity contribution in [2.45, 2.75) is 25.4 Å². The minimum atomic E-state index is 0.710. The van der Waals surface area contributed by atoms with Gasteiger partial charge in [-0.05, 0) is 18.9 Å². The molecule has 1 aromatic carbocycles. The van der Waals surface area contributed by atoms with Crippen molar-refractivity contribution in [3.8, 4) is 11.3 Å². The van der Waals surface area contributed by atoms with Gasteiger partial charge in [-0.1, -0.05) is 18.2 Å². The molecule has 1 aliphatic carbocycles. The molecule has 0 unspecified atom stereocenters. The molecule has 0 spiro atoms. The number of benzene rings is 1. The highest BCUT2D eigenvalue weighted by atomic mass is 15.0. The molecule has 3 aromatic rings. The van der Waals surface area contributed by atoms with Crippen LogP contribution in [0, 0.1) is 0 Å². The summed E-state index contributed by atoms with van der Waals surface area (Å²) < 4.78 is 0. The number of fused-ring (bicyclic) bond motifs is 1. The van der Waals surface area contributed by atoms with Crippen molar-refractivity contribution < 1.29 is 0 Å². The van der Waals surface area contributed by atoms with Crippen LogP contribution in [0.4, 0.5) is 0 Å². The van der Waals surface area contributed by atoms with Crippen molar-refractivity contribution in [1.82, 2.24) is 20.3 Å². The maximum absolute atomic E-state index is 4.45. The maximum Gasteiger partial charge on any atom is 0.120 e. The molecule has 1 aliphatic rings. The van der Waals surface area contributed by atoms with Gasteiger partial charge in [0.1, 0.15) is 5.82 Å². The fraction of sp³-hybridized carbons (Fsp3) is 0.267. The van der Waals surface area contributed by atoms with E-state index in [0.717, 1.165) is 23.6 Å². The number of nitrogens with zero attached hydrogens (tertiary/aromatic N) is 1. The van der Waals surface area contributed by atoms with Gasteiger partial charge in [-0.3, -0.25) is 0 Å². The molecule has 0 radical (unpaired) electrons. The van der Waals surface area contributed by atoms with Crippen LogP contribution >= 0.6 is 0 Å². The van der Waals surface area contributed by atoms with Gasteiger partial charge in [-0.25, -0.2) is 4.98 Å². The van der Waals surface area contributed by atoms with E-state index in [1.54, 1.807) is 0 Å². The molecule has 0 aliphatic heterocycles. The van der Waals surface area contributed by atoms with Crippen LogP contribution in [0.1, 0.15) is 18.7 Å². The van der Waals surface area contributed by atoms with Gasteiger partial charge in [0.15, 0.2) is 0 Å². The molecule has 3 N–H and O–H groups in total. The molecule has 4 rings (SSSR count). The van der Waals surface area contributed by atoms with Crippen LogP contribution in [0.25, 0.3) is 22.2 Å². The zero-order valence-electron chi connectivity index (χ0n) is 10.6. The maximum atomic E-state index is 4.45. The Morgan fingerprint density at radius 3 is 3.05 bits per heavy atom. The van der Waals surface area contributed by atoms with Crippen molar-refractivity contribution in [2.75, 3.05) is 0 Å². The predicted octanol–water partition coefficient (Wildman–Crippen LogP) is 2.81. The number of para-hydroxylation sites is 1. The van der Waals surface area contributed by atoms with E-state index >= 15 is 0 Å². The molecule has 1 saturated carbocycles. The lowest BCUT2D eigenvalue weighted by Gasteiger charge is -1.98. The molecule has 2 aromatic heterocycles. The number of rotatable bonds is 4. The first-order chi connectivity index (χ1) is 9.40. The largest absolute Gasteiger partial charge is 0.360 e. The molecule has 0 atom stereocenters. The summed E-state index contributed by atoms with van der Waals surface area (Å²) in [5.74, 6) is 1.01. The van der Waals surface area contributed by atoms with Gasteiger partial charge in [0.25, 0.3) is 0 Å². The Kier molecular flexibility index (Phi) is 2.42. The van der Waals surface area contributed by atoms with E-state index in [1.807, 2.05) is 18.5 Å². The van der Waals surface area contributed by atoms with Crippen molar-refractivity contribution in [3.05, 3.63) is 42.5 Å². The summed E-state index contributed by atoms with van der Waals surface area (Å²) in [7, 11) is 0. The van der Waals surface area contributed by atoms with E-state index in [1.165, 1.54) is 23.8 Å². The second kappa shape index (κ2) is 4.24. The molecule has 96 valence electrons. The molecule has 0 amide bonds. The normalized spacial score (nSPS) is 15.2. The Morgan fingerprint density at radius 2 is 2.16 bits per heavy atom. The van der Waals surface area contributed by atoms with Gasteiger partial charge in [0.05, 0.1) is 18.4 Å². The average molecular weight is 252 g/mol. The Labute approximate surface area is 111 Å². The van der Waals surface area contributed by atoms with E-state index in [2.05, 4.69) is 38.5 Å². The zero-order valence-corrected chi connectivity index (χ0v) is 10.6. The summed E-state index contributed by atoms with van der Waals surface area (Å²) in [5, 5.41) is 4.70. The van der Waals surface area contributed by atoms with Gasteiger partial charge < -0.3 is 15.3 Å². The zero-order chi connectivity index (χ0) is 12.7. The highest BCUT2D eigenvalue weighted by molar-refractivity contribution is 5.94. The highest BCUT2D eigenvalue weighted by Crippen LogP contribution is 2.27. The molecule has 4 nitrogen and oxygen atoms in total. The van der Waals surface area contributed by atoms with Gasteiger partial charge in [-0.2, -0.15) is 0 Å². The van der Waals surface area contributed by atoms with Crippen molar-refractivity contribution in [1.29, 1.82) is 0 Å². The number of aromatic nitrogens is 3. The van der Waals surface area contributed by atoms with Gasteiger partial charge in [-0.15, -0.1) is 0 Å². The molecule has 1 fully saturated rings. The smallest absolute Gasteiger partial charge is 0.120 e. The summed E-state index contributed by atoms with van der Waals surface area (Å²) in [4.78, 5) is 11.1. The number of H-pyrrole nitrogens is 2. The minimum Gasteiger partial charge on any atom is -0.360 e. The summed E-state index contributed by atoms with van der Waals surface area (Å²) in [6.45, 7) is 0.826. The Morgan fingerprint density at radius 1 is 1.26 bits per heavy atom. The SMILES string of the molecule is c1ccc2c(-c3cnc(CNC4CC4)[nH]3)c[nH]c2c1. The third-order valence-electron chi connectivity index (χ3n) is 3.64. The molecule has 19 heavy (non-hydrogen) atoms. The van der Waals surface area contributed by atoms with Crippen LogP contribution in [0.5, 0.6) is 0 Å². The van der Waals surface area contributed by atoms with Crippen LogP contribution < -0.4 is 5.32 Å². The third-order valence-corrected chi connectivity index (χ3v) is 3.64. The standard InChI is InChI=1S/C15H16N4/c1-2-4-13-11(3-1)12(7-17-13)14-8-18-15(19-14)9-16-10-5-6-10/h1-4,7-8,10,16-17H,5-6,9H2,(H,18,19). The molecular weight excluding hydrogens is 236 g/mol. The number of aromatic amines is 2. The van der Waals surface area contributed by atoms with Crippen molar-refractivity contribution in [3.63, 3.8) is 0 Å². The van der Waals surface area contributed by atoms with E-state index in [9.17, 15) is 0 Å². The molecule has 4 heteroatoms. The fourth-order valence-corrected chi connectivity index (χ4v) is 2.41. The van der Waals surface area contributed by atoms with E-state index < -0.39 is 0 Å². The van der Waals surface area contributed by atoms with Gasteiger partial charge in [0, 0.05) is 28.7 Å². The quantitative estimate of drug-likeness (QED) is 0.668. The summed E-state index contributed by atoms with van der Waals surface area (Å²) >= 11 is 0. The first kappa shape index (κ1) is 10.8. The van der Waals surface area contributed by atoms with Crippen molar-refractivity contribution in [2.24, 2.45) is 0 Å². The summed E-state index contributed by atoms with van der Waals surface area (Å²) in [5.41, 5.74) is 3.41. The summed E-state index contributed by atoms with van der Waals surface area (Å²) in [6.07, 6.45) is 6.56. The Bertz CT molecular complexity index is 706. The first-order valence-electron chi connectivity index (χ1n) is 6.74. The molecular formula is C15H16N4. The predicted molar refractivity (Wildman–Crippen MR) is 75.7 cm³/mol. The monoisotopic (exact) mass is 252 g/mol. The van der Waals surface area contributed by atoms with Crippen LogP contribution in [0.3, 0.4) is 0 Å². The number of hydrogen-bond acceptors (Lipinski definition) is 2. The van der Waals surface area contributed by atoms with E-state index in [-0.39, 0.29) is 0 Å². The molecule has 0 saturated heterocycles. The van der Waals surface area contributed by atoms with Crippen molar-refractivity contribution >= 4 is 10.9 Å². The highest BCUT2D eigenvalue weighted by Gasteiger charge is 2.20. The first-order valence-corrected chi connectivity index (χ1v) is 6.74. The molecule has 2 heterocycles. The Balaban J connectivity index is 1.64. The van der Waals surface area contributed by atoms with E-state index in [4.69, 9.17) is 0 Å². The third kappa shape index (κ3) is 2.04. The van der Waals surface area contributed by atoms with Gasteiger partial charge in [0.2, 0.25) is 0 Å². The van der Waals surface area contributed by atoms with E-state index in [0.29, 0.717) is 6.04 Å². The number of imidazole rings is 1. The topological polar surface area (TPSA) is 56.5 Å². The molecule has 0 bridgehead atoms. The lowest BCUT2D eigenvalue weighted by molar-refractivity contribution is 0.664. The average Bonchev–Trinajstić information content (AvgIpc) is 3.00. The van der Waals surface area contributed by atoms with Gasteiger partial charge >= 0.3 is 0 Å². The number of nitrogens with one attached hydrogen (secondary N) is 3. The second-order valence-corrected chi connectivity index (χ2v) is 5.15. The second-order valence-electron chi connectivity index (χ2n) is 5.15. The van der Waals surface area contributed by atoms with Crippen LogP contribution in [-0.4, -0.2) is 21.0 Å². The summed E-state index contributed by atoms with van der Waals surface area (Å²) in [6, 6.07) is 9.03. The number of hydrogen-bond donors (Lipinski definition) is 3. The lowest BCUT2D eigenvalue weighted by Crippen LogP contribution is -2.16. The van der Waals surface area contributed by atoms with Crippen LogP contribution in [0.2, 0.25) is 0 Å². The van der Waals surface area contributed by atoms with Crippen LogP contribution in [0.15, 0.2) is 36.7 Å². The fourth-order valence-electron chi connectivity index (χ4n) is 2.41. The Hall–Kier alpha value is -2.07.